The molecule has 0 aliphatic heterocycles. The summed E-state index contributed by atoms with van der Waals surface area (Å²) < 4.78 is 17.9. The predicted molar refractivity (Wildman–Crippen MR) is 65.4 cm³/mol. The molecule has 0 saturated heterocycles. The molecule has 18 heavy (non-hydrogen) atoms. The third-order valence-electron chi connectivity index (χ3n) is 2.41. The number of nitrogens with one attached hydrogen (secondary N) is 1. The first-order valence-electron chi connectivity index (χ1n) is 5.75. The Labute approximate surface area is 105 Å². The van der Waals surface area contributed by atoms with E-state index in [1.54, 1.807) is 6.92 Å². The molecule has 5 heteroatoms. The van der Waals surface area contributed by atoms with Crippen LogP contribution in [0.4, 0.5) is 10.1 Å². The van der Waals surface area contributed by atoms with Gasteiger partial charge in [-0.15, -0.1) is 0 Å². The molecule has 1 aromatic carbocycles. The first-order valence-corrected chi connectivity index (χ1v) is 5.75. The van der Waals surface area contributed by atoms with E-state index < -0.39 is 11.9 Å². The molecular weight excluding hydrogens is 235 g/mol. The summed E-state index contributed by atoms with van der Waals surface area (Å²) in [5, 5.41) is 11.8. The summed E-state index contributed by atoms with van der Waals surface area (Å²) in [6, 6.07) is 5.15. The molecule has 0 aliphatic rings. The van der Waals surface area contributed by atoms with E-state index in [1.807, 2.05) is 13.0 Å². The number of halogens is 1. The van der Waals surface area contributed by atoms with Crippen molar-refractivity contribution in [2.45, 2.75) is 26.3 Å². The Morgan fingerprint density at radius 1 is 1.56 bits per heavy atom. The van der Waals surface area contributed by atoms with Crippen molar-refractivity contribution >= 4 is 11.7 Å². The van der Waals surface area contributed by atoms with Crippen molar-refractivity contribution in [1.29, 1.82) is 5.26 Å². The Balaban J connectivity index is 2.89. The first kappa shape index (κ1) is 14.0. The maximum Gasteiger partial charge on any atom is 0.328 e. The molecule has 0 saturated carbocycles. The van der Waals surface area contributed by atoms with Gasteiger partial charge in [0.1, 0.15) is 17.9 Å². The van der Waals surface area contributed by atoms with Gasteiger partial charge in [0.2, 0.25) is 0 Å². The van der Waals surface area contributed by atoms with Crippen LogP contribution in [0, 0.1) is 17.1 Å². The second-order valence-corrected chi connectivity index (χ2v) is 3.66. The lowest BCUT2D eigenvalue weighted by Gasteiger charge is -2.17. The minimum Gasteiger partial charge on any atom is -0.464 e. The lowest BCUT2D eigenvalue weighted by atomic mass is 10.1. The monoisotopic (exact) mass is 250 g/mol. The number of hydrogen-bond acceptors (Lipinski definition) is 4. The highest BCUT2D eigenvalue weighted by atomic mass is 19.1. The summed E-state index contributed by atoms with van der Waals surface area (Å²) in [4.78, 5) is 11.6. The van der Waals surface area contributed by atoms with Crippen molar-refractivity contribution in [3.63, 3.8) is 0 Å². The third kappa shape index (κ3) is 3.45. The Hall–Kier alpha value is -2.09. The van der Waals surface area contributed by atoms with Gasteiger partial charge in [-0.05, 0) is 31.5 Å². The summed E-state index contributed by atoms with van der Waals surface area (Å²) in [6.45, 7) is 3.85. The SMILES string of the molecule is CCOC(=O)C(CC)Nc1ccc(F)cc1C#N. The largest absolute Gasteiger partial charge is 0.464 e. The maximum absolute atomic E-state index is 13.0. The van der Waals surface area contributed by atoms with Crippen LogP contribution in [0.1, 0.15) is 25.8 Å². The van der Waals surface area contributed by atoms with E-state index >= 15 is 0 Å². The van der Waals surface area contributed by atoms with E-state index in [2.05, 4.69) is 5.32 Å². The van der Waals surface area contributed by atoms with Gasteiger partial charge in [0.15, 0.2) is 0 Å². The second kappa shape index (κ2) is 6.60. The molecule has 1 rings (SSSR count). The van der Waals surface area contributed by atoms with Crippen molar-refractivity contribution in [3.8, 4) is 6.07 Å². The van der Waals surface area contributed by atoms with Crippen molar-refractivity contribution in [1.82, 2.24) is 0 Å². The summed E-state index contributed by atoms with van der Waals surface area (Å²) in [5.74, 6) is -0.866. The number of benzene rings is 1. The average molecular weight is 250 g/mol. The summed E-state index contributed by atoms with van der Waals surface area (Å²) in [7, 11) is 0. The molecule has 0 spiro atoms. The average Bonchev–Trinajstić information content (AvgIpc) is 2.37. The molecule has 1 unspecified atom stereocenters. The predicted octanol–water partition coefficient (Wildman–Crippen LogP) is 2.45. The molecule has 4 nitrogen and oxygen atoms in total. The van der Waals surface area contributed by atoms with Crippen LogP contribution in [-0.4, -0.2) is 18.6 Å². The van der Waals surface area contributed by atoms with Crippen molar-refractivity contribution < 1.29 is 13.9 Å². The lowest BCUT2D eigenvalue weighted by Crippen LogP contribution is -2.31. The quantitative estimate of drug-likeness (QED) is 0.815. The Kier molecular flexibility index (Phi) is 5.12. The molecule has 1 aromatic rings. The molecule has 0 fully saturated rings. The smallest absolute Gasteiger partial charge is 0.328 e. The minimum atomic E-state index is -0.539. The van der Waals surface area contributed by atoms with Crippen LogP contribution in [0.2, 0.25) is 0 Å². The topological polar surface area (TPSA) is 62.1 Å². The highest BCUT2D eigenvalue weighted by Gasteiger charge is 2.18. The van der Waals surface area contributed by atoms with Crippen LogP contribution < -0.4 is 5.32 Å². The zero-order valence-electron chi connectivity index (χ0n) is 10.4. The summed E-state index contributed by atoms with van der Waals surface area (Å²) >= 11 is 0. The number of carbonyl (C=O) groups is 1. The molecule has 0 radical (unpaired) electrons. The molecule has 1 atom stereocenters. The van der Waals surface area contributed by atoms with E-state index in [9.17, 15) is 9.18 Å². The normalized spacial score (nSPS) is 11.4. The lowest BCUT2D eigenvalue weighted by molar-refractivity contribution is -0.144. The van der Waals surface area contributed by atoms with E-state index in [0.717, 1.165) is 6.07 Å². The number of carbonyl (C=O) groups excluding carboxylic acids is 1. The van der Waals surface area contributed by atoms with Crippen LogP contribution in [-0.2, 0) is 9.53 Å². The fourth-order valence-corrected chi connectivity index (χ4v) is 1.49. The first-order chi connectivity index (χ1) is 8.62. The van der Waals surface area contributed by atoms with Gasteiger partial charge >= 0.3 is 5.97 Å². The van der Waals surface area contributed by atoms with Gasteiger partial charge in [0.25, 0.3) is 0 Å². The molecule has 0 heterocycles. The van der Waals surface area contributed by atoms with E-state index in [-0.39, 0.29) is 11.5 Å². The maximum atomic E-state index is 13.0. The third-order valence-corrected chi connectivity index (χ3v) is 2.41. The number of hydrogen-bond donors (Lipinski definition) is 1. The molecular formula is C13H15FN2O2. The van der Waals surface area contributed by atoms with Crippen molar-refractivity contribution in [3.05, 3.63) is 29.6 Å². The molecule has 0 aromatic heterocycles. The standard InChI is InChI=1S/C13H15FN2O2/c1-3-11(13(17)18-4-2)16-12-6-5-10(14)7-9(12)8-15/h5-7,11,16H,3-4H2,1-2H3. The van der Waals surface area contributed by atoms with Crippen LogP contribution in [0.5, 0.6) is 0 Å². The van der Waals surface area contributed by atoms with Gasteiger partial charge in [0.05, 0.1) is 17.9 Å². The zero-order valence-corrected chi connectivity index (χ0v) is 10.4. The number of nitrogens with zero attached hydrogens (tertiary/aromatic N) is 1. The highest BCUT2D eigenvalue weighted by Crippen LogP contribution is 2.18. The Bertz CT molecular complexity index is 469. The minimum absolute atomic E-state index is 0.165. The number of ether oxygens (including phenoxy) is 1. The van der Waals surface area contributed by atoms with Crippen molar-refractivity contribution in [2.75, 3.05) is 11.9 Å². The van der Waals surface area contributed by atoms with Crippen molar-refractivity contribution in [2.24, 2.45) is 0 Å². The van der Waals surface area contributed by atoms with Gasteiger partial charge in [-0.2, -0.15) is 5.26 Å². The second-order valence-electron chi connectivity index (χ2n) is 3.66. The molecule has 0 amide bonds. The summed E-state index contributed by atoms with van der Waals surface area (Å²) in [5.41, 5.74) is 0.594. The molecule has 0 bridgehead atoms. The van der Waals surface area contributed by atoms with Crippen LogP contribution in [0.25, 0.3) is 0 Å². The van der Waals surface area contributed by atoms with Gasteiger partial charge in [0, 0.05) is 0 Å². The fraction of sp³-hybridized carbons (Fsp3) is 0.385. The van der Waals surface area contributed by atoms with Gasteiger partial charge in [-0.3, -0.25) is 0 Å². The van der Waals surface area contributed by atoms with E-state index in [1.165, 1.54) is 12.1 Å². The highest BCUT2D eigenvalue weighted by molar-refractivity contribution is 5.80. The Morgan fingerprint density at radius 3 is 2.83 bits per heavy atom. The Morgan fingerprint density at radius 2 is 2.28 bits per heavy atom. The van der Waals surface area contributed by atoms with E-state index in [4.69, 9.17) is 10.00 Å². The fourth-order valence-electron chi connectivity index (χ4n) is 1.49. The van der Waals surface area contributed by atoms with Crippen LogP contribution in [0.15, 0.2) is 18.2 Å². The number of rotatable bonds is 5. The number of nitriles is 1. The number of anilines is 1. The van der Waals surface area contributed by atoms with E-state index in [0.29, 0.717) is 18.7 Å². The number of esters is 1. The van der Waals surface area contributed by atoms with Crippen LogP contribution >= 0.6 is 0 Å². The molecule has 0 aliphatic carbocycles. The van der Waals surface area contributed by atoms with Gasteiger partial charge in [-0.1, -0.05) is 6.92 Å². The van der Waals surface area contributed by atoms with Gasteiger partial charge in [-0.25, -0.2) is 9.18 Å². The molecule has 96 valence electrons. The van der Waals surface area contributed by atoms with Crippen LogP contribution in [0.3, 0.4) is 0 Å². The molecule has 1 N–H and O–H groups in total. The van der Waals surface area contributed by atoms with Gasteiger partial charge < -0.3 is 10.1 Å². The zero-order chi connectivity index (χ0) is 13.5. The summed E-state index contributed by atoms with van der Waals surface area (Å²) in [6.07, 6.45) is 0.515.